The van der Waals surface area contributed by atoms with Crippen LogP contribution in [0.2, 0.25) is 0 Å². The molecule has 1 amide bonds. The molecule has 3 rings (SSSR count). The smallest absolute Gasteiger partial charge is 0.251 e. The minimum absolute atomic E-state index is 0.0500. The largest absolute Gasteiger partial charge is 0.497 e. The van der Waals surface area contributed by atoms with Gasteiger partial charge in [0.25, 0.3) is 5.91 Å². The second-order valence-electron chi connectivity index (χ2n) is 7.21. The second kappa shape index (κ2) is 8.86. The van der Waals surface area contributed by atoms with E-state index in [9.17, 15) is 4.79 Å². The first-order valence-electron chi connectivity index (χ1n) is 9.36. The number of carbonyl (C=O) groups is 1. The molecule has 2 aromatic rings. The third-order valence-corrected chi connectivity index (χ3v) is 4.95. The van der Waals surface area contributed by atoms with Gasteiger partial charge in [0.15, 0.2) is 0 Å². The van der Waals surface area contributed by atoms with E-state index < -0.39 is 0 Å². The molecule has 1 unspecified atom stereocenters. The number of hydrogen-bond donors (Lipinski definition) is 1. The van der Waals surface area contributed by atoms with E-state index in [-0.39, 0.29) is 5.91 Å². The van der Waals surface area contributed by atoms with E-state index in [1.807, 2.05) is 36.4 Å². The number of amides is 1. The van der Waals surface area contributed by atoms with E-state index in [1.54, 1.807) is 7.11 Å². The number of rotatable bonds is 6. The Hall–Kier alpha value is -2.33. The fourth-order valence-corrected chi connectivity index (χ4v) is 3.52. The molecule has 2 aromatic carbocycles. The molecule has 1 aliphatic rings. The summed E-state index contributed by atoms with van der Waals surface area (Å²) in [5, 5.41) is 2.97. The third-order valence-electron chi connectivity index (χ3n) is 4.95. The van der Waals surface area contributed by atoms with Gasteiger partial charge < -0.3 is 10.1 Å². The quantitative estimate of drug-likeness (QED) is 0.858. The van der Waals surface area contributed by atoms with Crippen LogP contribution in [0.5, 0.6) is 5.75 Å². The Bertz CT molecular complexity index is 727. The van der Waals surface area contributed by atoms with Crippen molar-refractivity contribution in [2.45, 2.75) is 32.9 Å². The molecule has 4 nitrogen and oxygen atoms in total. The van der Waals surface area contributed by atoms with Gasteiger partial charge in [-0.2, -0.15) is 0 Å². The number of carbonyl (C=O) groups excluding carboxylic acids is 1. The monoisotopic (exact) mass is 352 g/mol. The molecular weight excluding hydrogens is 324 g/mol. The van der Waals surface area contributed by atoms with Crippen LogP contribution in [0.1, 0.15) is 41.3 Å². The highest BCUT2D eigenvalue weighted by molar-refractivity contribution is 5.94. The van der Waals surface area contributed by atoms with Crippen LogP contribution >= 0.6 is 0 Å². The topological polar surface area (TPSA) is 41.6 Å². The molecule has 0 bridgehead atoms. The summed E-state index contributed by atoms with van der Waals surface area (Å²) in [5.41, 5.74) is 2.99. The summed E-state index contributed by atoms with van der Waals surface area (Å²) in [5.74, 6) is 1.53. The van der Waals surface area contributed by atoms with E-state index in [0.717, 1.165) is 23.8 Å². The zero-order chi connectivity index (χ0) is 18.4. The number of nitrogens with one attached hydrogen (secondary N) is 1. The lowest BCUT2D eigenvalue weighted by Gasteiger charge is -2.30. The van der Waals surface area contributed by atoms with Crippen LogP contribution < -0.4 is 10.1 Å². The van der Waals surface area contributed by atoms with Gasteiger partial charge in [0.05, 0.1) is 7.11 Å². The third kappa shape index (κ3) is 5.09. The van der Waals surface area contributed by atoms with E-state index in [2.05, 4.69) is 29.3 Å². The van der Waals surface area contributed by atoms with Crippen molar-refractivity contribution >= 4 is 5.91 Å². The van der Waals surface area contributed by atoms with E-state index >= 15 is 0 Å². The van der Waals surface area contributed by atoms with Gasteiger partial charge in [-0.1, -0.05) is 31.2 Å². The maximum absolute atomic E-state index is 12.4. The van der Waals surface area contributed by atoms with Crippen molar-refractivity contribution < 1.29 is 9.53 Å². The summed E-state index contributed by atoms with van der Waals surface area (Å²) in [7, 11) is 1.64. The minimum Gasteiger partial charge on any atom is -0.497 e. The summed E-state index contributed by atoms with van der Waals surface area (Å²) < 4.78 is 5.21. The normalized spacial score (nSPS) is 17.7. The first kappa shape index (κ1) is 18.5. The van der Waals surface area contributed by atoms with Crippen molar-refractivity contribution in [3.63, 3.8) is 0 Å². The molecule has 0 aromatic heterocycles. The summed E-state index contributed by atoms with van der Waals surface area (Å²) >= 11 is 0. The lowest BCUT2D eigenvalue weighted by atomic mass is 9.99. The summed E-state index contributed by atoms with van der Waals surface area (Å²) in [4.78, 5) is 14.9. The molecule has 1 heterocycles. The number of methoxy groups -OCH3 is 1. The number of hydrogen-bond acceptors (Lipinski definition) is 3. The van der Waals surface area contributed by atoms with Gasteiger partial charge in [0.2, 0.25) is 0 Å². The van der Waals surface area contributed by atoms with E-state index in [4.69, 9.17) is 4.74 Å². The molecule has 0 saturated carbocycles. The lowest BCUT2D eigenvalue weighted by Crippen LogP contribution is -2.33. The molecule has 4 heteroatoms. The average molecular weight is 352 g/mol. The Morgan fingerprint density at radius 3 is 2.73 bits per heavy atom. The van der Waals surface area contributed by atoms with Gasteiger partial charge in [-0.25, -0.2) is 0 Å². The van der Waals surface area contributed by atoms with E-state index in [0.29, 0.717) is 12.1 Å². The van der Waals surface area contributed by atoms with Crippen molar-refractivity contribution in [2.24, 2.45) is 5.92 Å². The fourth-order valence-electron chi connectivity index (χ4n) is 3.52. The summed E-state index contributed by atoms with van der Waals surface area (Å²) in [6, 6.07) is 15.7. The van der Waals surface area contributed by atoms with Crippen LogP contribution in [-0.4, -0.2) is 31.0 Å². The highest BCUT2D eigenvalue weighted by Crippen LogP contribution is 2.18. The molecule has 0 radical (unpaired) electrons. The number of ether oxygens (including phenoxy) is 1. The highest BCUT2D eigenvalue weighted by atomic mass is 16.5. The Labute approximate surface area is 156 Å². The number of likely N-dealkylation sites (tertiary alicyclic amines) is 1. The molecule has 1 fully saturated rings. The van der Waals surface area contributed by atoms with Gasteiger partial charge in [-0.05, 0) is 60.7 Å². The van der Waals surface area contributed by atoms with Crippen LogP contribution in [0.15, 0.2) is 48.5 Å². The number of nitrogens with zero attached hydrogens (tertiary/aromatic N) is 1. The predicted octanol–water partition coefficient (Wildman–Crippen LogP) is 3.86. The van der Waals surface area contributed by atoms with Crippen molar-refractivity contribution in [3.8, 4) is 5.75 Å². The number of benzene rings is 2. The van der Waals surface area contributed by atoms with Crippen molar-refractivity contribution in [3.05, 3.63) is 65.2 Å². The lowest BCUT2D eigenvalue weighted by molar-refractivity contribution is 0.0951. The van der Waals surface area contributed by atoms with Gasteiger partial charge in [-0.15, -0.1) is 0 Å². The van der Waals surface area contributed by atoms with Crippen LogP contribution in [0.3, 0.4) is 0 Å². The van der Waals surface area contributed by atoms with Crippen molar-refractivity contribution in [1.82, 2.24) is 10.2 Å². The SMILES string of the molecule is COc1cccc(CNC(=O)c2ccc(CN3CCCC(C)C3)cc2)c1. The average Bonchev–Trinajstić information content (AvgIpc) is 2.67. The van der Waals surface area contributed by atoms with Gasteiger partial charge >= 0.3 is 0 Å². The molecule has 0 spiro atoms. The van der Waals surface area contributed by atoms with Gasteiger partial charge in [-0.3, -0.25) is 9.69 Å². The second-order valence-corrected chi connectivity index (χ2v) is 7.21. The first-order chi connectivity index (χ1) is 12.6. The van der Waals surface area contributed by atoms with E-state index in [1.165, 1.54) is 31.5 Å². The first-order valence-corrected chi connectivity index (χ1v) is 9.36. The van der Waals surface area contributed by atoms with Crippen molar-refractivity contribution in [1.29, 1.82) is 0 Å². The maximum atomic E-state index is 12.4. The van der Waals surface area contributed by atoms with Gasteiger partial charge in [0.1, 0.15) is 5.75 Å². The summed E-state index contributed by atoms with van der Waals surface area (Å²) in [6.07, 6.45) is 2.62. The Morgan fingerprint density at radius 2 is 2.00 bits per heavy atom. The maximum Gasteiger partial charge on any atom is 0.251 e. The zero-order valence-corrected chi connectivity index (χ0v) is 15.7. The molecule has 26 heavy (non-hydrogen) atoms. The minimum atomic E-state index is -0.0500. The molecule has 1 N–H and O–H groups in total. The fraction of sp³-hybridized carbons (Fsp3) is 0.409. The molecule has 1 saturated heterocycles. The summed E-state index contributed by atoms with van der Waals surface area (Å²) in [6.45, 7) is 6.12. The molecule has 138 valence electrons. The molecule has 0 aliphatic carbocycles. The van der Waals surface area contributed by atoms with Crippen molar-refractivity contribution in [2.75, 3.05) is 20.2 Å². The predicted molar refractivity (Wildman–Crippen MR) is 104 cm³/mol. The standard InChI is InChI=1S/C22H28N2O2/c1-17-5-4-12-24(15-17)16-18-8-10-20(11-9-18)22(25)23-14-19-6-3-7-21(13-19)26-2/h3,6-11,13,17H,4-5,12,14-16H2,1-2H3,(H,23,25). The molecule has 1 atom stereocenters. The molecule has 1 aliphatic heterocycles. The Balaban J connectivity index is 1.53. The van der Waals surface area contributed by atoms with Crippen LogP contribution in [0.4, 0.5) is 0 Å². The van der Waals surface area contributed by atoms with Gasteiger partial charge in [0, 0.05) is 25.2 Å². The Kier molecular flexibility index (Phi) is 6.29. The van der Waals surface area contributed by atoms with Crippen LogP contribution in [0, 0.1) is 5.92 Å². The molecular formula is C22H28N2O2. The highest BCUT2D eigenvalue weighted by Gasteiger charge is 2.16. The van der Waals surface area contributed by atoms with Crippen LogP contribution in [-0.2, 0) is 13.1 Å². The zero-order valence-electron chi connectivity index (χ0n) is 15.7. The van der Waals surface area contributed by atoms with Crippen LogP contribution in [0.25, 0.3) is 0 Å². The number of piperidine rings is 1. The Morgan fingerprint density at radius 1 is 1.19 bits per heavy atom.